The molecule has 0 atom stereocenters. The van der Waals surface area contributed by atoms with Gasteiger partial charge in [0.25, 0.3) is 0 Å². The van der Waals surface area contributed by atoms with Crippen molar-refractivity contribution in [1.82, 2.24) is 14.9 Å². The molecule has 2 rings (SSSR count). The molecule has 6 nitrogen and oxygen atoms in total. The van der Waals surface area contributed by atoms with Gasteiger partial charge in [-0.2, -0.15) is 14.9 Å². The number of aromatic nitrogens is 3. The zero-order chi connectivity index (χ0) is 14.9. The first kappa shape index (κ1) is 14.5. The molecular weight excluding hydrogens is 300 g/mol. The van der Waals surface area contributed by atoms with E-state index >= 15 is 0 Å². The lowest BCUT2D eigenvalue weighted by atomic mass is 10.2. The summed E-state index contributed by atoms with van der Waals surface area (Å²) >= 11 is 10.9. The number of phenolic OH excluding ortho intramolecular Hbond substituents is 2. The Hall–Kier alpha value is -1.86. The molecule has 8 heteroatoms. The van der Waals surface area contributed by atoms with Gasteiger partial charge in [0.2, 0.25) is 4.77 Å². The number of halogens is 1. The summed E-state index contributed by atoms with van der Waals surface area (Å²) in [5.41, 5.74) is 0.531. The molecular formula is C12H13ClN4O2S. The summed E-state index contributed by atoms with van der Waals surface area (Å²) in [6, 6.07) is 2.84. The van der Waals surface area contributed by atoms with Crippen molar-refractivity contribution in [1.29, 1.82) is 0 Å². The predicted molar refractivity (Wildman–Crippen MR) is 79.3 cm³/mol. The fourth-order valence-corrected chi connectivity index (χ4v) is 2.00. The highest BCUT2D eigenvalue weighted by Crippen LogP contribution is 2.33. The van der Waals surface area contributed by atoms with Crippen LogP contribution in [0.2, 0.25) is 5.02 Å². The van der Waals surface area contributed by atoms with E-state index in [1.165, 1.54) is 23.0 Å². The van der Waals surface area contributed by atoms with E-state index in [2.05, 4.69) is 15.3 Å². The van der Waals surface area contributed by atoms with Gasteiger partial charge >= 0.3 is 0 Å². The number of benzene rings is 1. The van der Waals surface area contributed by atoms with Crippen LogP contribution in [0, 0.1) is 4.77 Å². The Labute approximate surface area is 125 Å². The van der Waals surface area contributed by atoms with Crippen LogP contribution < -0.4 is 0 Å². The number of nitrogens with zero attached hydrogens (tertiary/aromatic N) is 3. The van der Waals surface area contributed by atoms with Crippen molar-refractivity contribution < 1.29 is 10.2 Å². The number of hydrogen-bond donors (Lipinski definition) is 3. The second-order valence-corrected chi connectivity index (χ2v) is 5.26. The van der Waals surface area contributed by atoms with Gasteiger partial charge in [-0.25, -0.2) is 0 Å². The fraction of sp³-hybridized carbons (Fsp3) is 0.250. The van der Waals surface area contributed by atoms with E-state index in [0.717, 1.165) is 0 Å². The van der Waals surface area contributed by atoms with Crippen LogP contribution in [0.4, 0.5) is 0 Å². The lowest BCUT2D eigenvalue weighted by Gasteiger charge is -2.04. The molecule has 0 unspecified atom stereocenters. The lowest BCUT2D eigenvalue weighted by Crippen LogP contribution is -2.00. The molecule has 20 heavy (non-hydrogen) atoms. The monoisotopic (exact) mass is 312 g/mol. The Morgan fingerprint density at radius 3 is 2.75 bits per heavy atom. The summed E-state index contributed by atoms with van der Waals surface area (Å²) in [4.78, 5) is 0. The van der Waals surface area contributed by atoms with Crippen LogP contribution in [-0.2, 0) is 0 Å². The third kappa shape index (κ3) is 2.83. The predicted octanol–water partition coefficient (Wildman–Crippen LogP) is 3.01. The van der Waals surface area contributed by atoms with Gasteiger partial charge in [0, 0.05) is 5.92 Å². The number of H-pyrrole nitrogens is 1. The summed E-state index contributed by atoms with van der Waals surface area (Å²) in [7, 11) is 0. The van der Waals surface area contributed by atoms with Crippen LogP contribution in [0.1, 0.15) is 31.2 Å². The highest BCUT2D eigenvalue weighted by Gasteiger charge is 2.09. The molecule has 0 saturated carbocycles. The maximum atomic E-state index is 9.49. The van der Waals surface area contributed by atoms with Gasteiger partial charge in [0.15, 0.2) is 17.3 Å². The molecule has 3 N–H and O–H groups in total. The van der Waals surface area contributed by atoms with Gasteiger partial charge < -0.3 is 10.2 Å². The van der Waals surface area contributed by atoms with Crippen molar-refractivity contribution in [3.8, 4) is 11.5 Å². The zero-order valence-electron chi connectivity index (χ0n) is 10.8. The molecule has 0 aliphatic rings. The second kappa shape index (κ2) is 5.64. The highest BCUT2D eigenvalue weighted by atomic mass is 35.5. The maximum absolute atomic E-state index is 9.49. The van der Waals surface area contributed by atoms with Crippen LogP contribution >= 0.6 is 23.8 Å². The van der Waals surface area contributed by atoms with Crippen LogP contribution in [0.25, 0.3) is 0 Å². The minimum atomic E-state index is -0.355. The quantitative estimate of drug-likeness (QED) is 0.462. The van der Waals surface area contributed by atoms with Gasteiger partial charge in [-0.3, -0.25) is 5.10 Å². The lowest BCUT2D eigenvalue weighted by molar-refractivity contribution is 0.404. The molecule has 106 valence electrons. The largest absolute Gasteiger partial charge is 0.504 e. The Morgan fingerprint density at radius 2 is 2.15 bits per heavy atom. The summed E-state index contributed by atoms with van der Waals surface area (Å²) in [6.07, 6.45) is 1.47. The van der Waals surface area contributed by atoms with Crippen molar-refractivity contribution in [2.24, 2.45) is 5.10 Å². The number of hydrogen-bond acceptors (Lipinski definition) is 5. The van der Waals surface area contributed by atoms with E-state index in [1.807, 2.05) is 13.8 Å². The van der Waals surface area contributed by atoms with E-state index in [1.54, 1.807) is 0 Å². The van der Waals surface area contributed by atoms with Gasteiger partial charge in [-0.1, -0.05) is 25.4 Å². The normalized spacial score (nSPS) is 11.6. The van der Waals surface area contributed by atoms with E-state index in [0.29, 0.717) is 16.2 Å². The summed E-state index contributed by atoms with van der Waals surface area (Å²) in [5.74, 6) is 0.183. The van der Waals surface area contributed by atoms with Crippen LogP contribution in [0.3, 0.4) is 0 Å². The van der Waals surface area contributed by atoms with Gasteiger partial charge in [-0.15, -0.1) is 0 Å². The second-order valence-electron chi connectivity index (χ2n) is 4.47. The molecule has 0 amide bonds. The third-order valence-electron chi connectivity index (χ3n) is 2.58. The van der Waals surface area contributed by atoms with E-state index in [9.17, 15) is 10.2 Å². The minimum Gasteiger partial charge on any atom is -0.504 e. The molecule has 0 saturated heterocycles. The Kier molecular flexibility index (Phi) is 4.10. The standard InChI is InChI=1S/C12H13ClN4O2S/c1-6(2)11-15-16-12(20)17(11)14-5-7-3-8(13)10(19)9(18)4-7/h3-6,18-19H,1-2H3,(H,16,20). The van der Waals surface area contributed by atoms with E-state index in [-0.39, 0.29) is 22.4 Å². The molecule has 2 aromatic rings. The topological polar surface area (TPSA) is 86.4 Å². The molecule has 0 aliphatic carbocycles. The average molecular weight is 313 g/mol. The molecule has 0 fully saturated rings. The summed E-state index contributed by atoms with van der Waals surface area (Å²) < 4.78 is 1.87. The smallest absolute Gasteiger partial charge is 0.216 e. The molecule has 0 spiro atoms. The number of aromatic hydroxyl groups is 2. The minimum absolute atomic E-state index is 0.0475. The number of aromatic amines is 1. The summed E-state index contributed by atoms with van der Waals surface area (Å²) in [6.45, 7) is 3.94. The van der Waals surface area contributed by atoms with Gasteiger partial charge in [0.1, 0.15) is 0 Å². The zero-order valence-corrected chi connectivity index (χ0v) is 12.4. The first-order valence-corrected chi connectivity index (χ1v) is 6.62. The number of phenols is 2. The Balaban J connectivity index is 2.40. The van der Waals surface area contributed by atoms with Crippen LogP contribution in [0.5, 0.6) is 11.5 Å². The molecule has 1 aromatic heterocycles. The SMILES string of the molecule is CC(C)c1n[nH]c(=S)n1N=Cc1cc(O)c(O)c(Cl)c1. The number of nitrogens with one attached hydrogen (secondary N) is 1. The van der Waals surface area contributed by atoms with Gasteiger partial charge in [0.05, 0.1) is 11.2 Å². The number of rotatable bonds is 3. The van der Waals surface area contributed by atoms with Crippen molar-refractivity contribution in [3.05, 3.63) is 33.3 Å². The van der Waals surface area contributed by atoms with Crippen molar-refractivity contribution in [3.63, 3.8) is 0 Å². The Morgan fingerprint density at radius 1 is 1.45 bits per heavy atom. The van der Waals surface area contributed by atoms with Crippen LogP contribution in [0.15, 0.2) is 17.2 Å². The molecule has 0 aliphatic heterocycles. The molecule has 0 bridgehead atoms. The van der Waals surface area contributed by atoms with Crippen molar-refractivity contribution in [2.45, 2.75) is 19.8 Å². The molecule has 1 heterocycles. The first-order chi connectivity index (χ1) is 9.40. The third-order valence-corrected chi connectivity index (χ3v) is 3.13. The fourth-order valence-electron chi connectivity index (χ4n) is 1.59. The van der Waals surface area contributed by atoms with Crippen molar-refractivity contribution >= 4 is 30.0 Å². The molecule has 1 aromatic carbocycles. The Bertz CT molecular complexity index is 697. The van der Waals surface area contributed by atoms with Crippen molar-refractivity contribution in [2.75, 3.05) is 0 Å². The van der Waals surface area contributed by atoms with E-state index < -0.39 is 0 Å². The average Bonchev–Trinajstić information content (AvgIpc) is 2.74. The molecule has 0 radical (unpaired) electrons. The highest BCUT2D eigenvalue weighted by molar-refractivity contribution is 7.71. The summed E-state index contributed by atoms with van der Waals surface area (Å²) in [5, 5.41) is 29.9. The maximum Gasteiger partial charge on any atom is 0.216 e. The van der Waals surface area contributed by atoms with E-state index in [4.69, 9.17) is 23.8 Å². The van der Waals surface area contributed by atoms with Crippen LogP contribution in [-0.4, -0.2) is 31.3 Å². The first-order valence-electron chi connectivity index (χ1n) is 5.83. The van der Waals surface area contributed by atoms with Gasteiger partial charge in [-0.05, 0) is 29.9 Å².